The Hall–Kier alpha value is -6.26. The predicted molar refractivity (Wildman–Crippen MR) is 200 cm³/mol. The molecule has 4 nitrogen and oxygen atoms in total. The molecule has 232 valence electrons. The summed E-state index contributed by atoms with van der Waals surface area (Å²) < 4.78 is 0. The van der Waals surface area contributed by atoms with Gasteiger partial charge >= 0.3 is 0 Å². The van der Waals surface area contributed by atoms with E-state index in [0.717, 1.165) is 27.8 Å². The Morgan fingerprint density at radius 2 is 0.980 bits per heavy atom. The molecule has 1 aliphatic carbocycles. The molecule has 0 spiro atoms. The van der Waals surface area contributed by atoms with Crippen LogP contribution >= 0.6 is 0 Å². The molecule has 1 aliphatic rings. The van der Waals surface area contributed by atoms with Crippen LogP contribution in [0.4, 0.5) is 0 Å². The van der Waals surface area contributed by atoms with Crippen molar-refractivity contribution in [2.45, 2.75) is 19.3 Å². The van der Waals surface area contributed by atoms with E-state index in [4.69, 9.17) is 15.0 Å². The van der Waals surface area contributed by atoms with E-state index in [1.807, 2.05) is 42.6 Å². The van der Waals surface area contributed by atoms with Crippen LogP contribution in [0.25, 0.3) is 78.3 Å². The van der Waals surface area contributed by atoms with Gasteiger partial charge in [-0.25, -0.2) is 15.0 Å². The summed E-state index contributed by atoms with van der Waals surface area (Å²) in [5.41, 5.74) is 12.7. The molecule has 0 aliphatic heterocycles. The van der Waals surface area contributed by atoms with Crippen LogP contribution in [0.5, 0.6) is 0 Å². The largest absolute Gasteiger partial charge is 0.264 e. The molecule has 0 unspecified atom stereocenters. The first-order chi connectivity index (χ1) is 24.0. The zero-order valence-electron chi connectivity index (χ0n) is 27.3. The lowest BCUT2D eigenvalue weighted by Crippen LogP contribution is -2.14. The zero-order valence-corrected chi connectivity index (χ0v) is 27.3. The molecule has 0 radical (unpaired) electrons. The van der Waals surface area contributed by atoms with Gasteiger partial charge in [-0.1, -0.05) is 153 Å². The molecule has 8 aromatic rings. The van der Waals surface area contributed by atoms with E-state index in [2.05, 4.69) is 128 Å². The minimum absolute atomic E-state index is 0.0873. The van der Waals surface area contributed by atoms with Crippen molar-refractivity contribution in [3.8, 4) is 67.5 Å². The number of benzene rings is 6. The third-order valence-corrected chi connectivity index (χ3v) is 9.85. The highest BCUT2D eigenvalue weighted by Gasteiger charge is 2.37. The van der Waals surface area contributed by atoms with Crippen LogP contribution in [0.2, 0.25) is 0 Å². The van der Waals surface area contributed by atoms with Gasteiger partial charge in [-0.3, -0.25) is 4.98 Å². The maximum absolute atomic E-state index is 5.01. The fourth-order valence-electron chi connectivity index (χ4n) is 7.28. The molecule has 6 aromatic carbocycles. The average molecular weight is 629 g/mol. The highest BCUT2D eigenvalue weighted by Crippen LogP contribution is 2.54. The van der Waals surface area contributed by atoms with Gasteiger partial charge < -0.3 is 0 Å². The maximum atomic E-state index is 5.01. The van der Waals surface area contributed by atoms with Gasteiger partial charge in [-0.15, -0.1) is 0 Å². The van der Waals surface area contributed by atoms with Gasteiger partial charge in [0.15, 0.2) is 17.5 Å². The van der Waals surface area contributed by atoms with Crippen LogP contribution < -0.4 is 0 Å². The van der Waals surface area contributed by atoms with Gasteiger partial charge in [-0.05, 0) is 61.3 Å². The first-order valence-electron chi connectivity index (χ1n) is 16.6. The molecular formula is C45H32N4. The number of pyridine rings is 1. The van der Waals surface area contributed by atoms with Crippen LogP contribution in [0.3, 0.4) is 0 Å². The molecule has 9 rings (SSSR count). The second kappa shape index (κ2) is 11.5. The number of rotatable bonds is 5. The summed E-state index contributed by atoms with van der Waals surface area (Å²) in [4.78, 5) is 19.2. The minimum atomic E-state index is -0.0873. The van der Waals surface area contributed by atoms with Crippen molar-refractivity contribution in [3.63, 3.8) is 0 Å². The molecule has 0 saturated heterocycles. The fraction of sp³-hybridized carbons (Fsp3) is 0.0667. The monoisotopic (exact) mass is 628 g/mol. The molecule has 0 saturated carbocycles. The zero-order chi connectivity index (χ0) is 33.0. The Morgan fingerprint density at radius 1 is 0.408 bits per heavy atom. The maximum Gasteiger partial charge on any atom is 0.164 e. The van der Waals surface area contributed by atoms with E-state index < -0.39 is 0 Å². The van der Waals surface area contributed by atoms with E-state index in [0.29, 0.717) is 17.5 Å². The van der Waals surface area contributed by atoms with Gasteiger partial charge in [0.25, 0.3) is 0 Å². The lowest BCUT2D eigenvalue weighted by Gasteiger charge is -2.21. The van der Waals surface area contributed by atoms with E-state index in [1.54, 1.807) is 6.20 Å². The number of nitrogens with zero attached hydrogens (tertiary/aromatic N) is 4. The summed E-state index contributed by atoms with van der Waals surface area (Å²) in [6.45, 7) is 4.68. The van der Waals surface area contributed by atoms with Crippen LogP contribution in [0, 0.1) is 0 Å². The third kappa shape index (κ3) is 4.92. The number of fused-ring (bicyclic) bond motifs is 5. The molecular weight excluding hydrogens is 597 g/mol. The van der Waals surface area contributed by atoms with E-state index >= 15 is 0 Å². The third-order valence-electron chi connectivity index (χ3n) is 9.85. The number of hydrogen-bond acceptors (Lipinski definition) is 4. The second-order valence-corrected chi connectivity index (χ2v) is 13.1. The van der Waals surface area contributed by atoms with Gasteiger partial charge in [-0.2, -0.15) is 0 Å². The van der Waals surface area contributed by atoms with Crippen LogP contribution in [0.1, 0.15) is 25.0 Å². The molecule has 0 bridgehead atoms. The molecule has 2 aromatic heterocycles. The lowest BCUT2D eigenvalue weighted by molar-refractivity contribution is 0.661. The lowest BCUT2D eigenvalue weighted by atomic mass is 9.81. The highest BCUT2D eigenvalue weighted by molar-refractivity contribution is 6.06. The van der Waals surface area contributed by atoms with Crippen molar-refractivity contribution >= 4 is 10.8 Å². The van der Waals surface area contributed by atoms with Crippen LogP contribution in [0.15, 0.2) is 158 Å². The number of aromatic nitrogens is 4. The van der Waals surface area contributed by atoms with Crippen molar-refractivity contribution in [2.24, 2.45) is 0 Å². The molecule has 0 atom stereocenters. The minimum Gasteiger partial charge on any atom is -0.264 e. The predicted octanol–water partition coefficient (Wildman–Crippen LogP) is 11.1. The summed E-state index contributed by atoms with van der Waals surface area (Å²) >= 11 is 0. The first kappa shape index (κ1) is 28.9. The average Bonchev–Trinajstić information content (AvgIpc) is 3.42. The van der Waals surface area contributed by atoms with Crippen LogP contribution in [-0.2, 0) is 5.41 Å². The normalized spacial score (nSPS) is 12.9. The topological polar surface area (TPSA) is 51.6 Å². The van der Waals surface area contributed by atoms with E-state index in [-0.39, 0.29) is 5.41 Å². The summed E-state index contributed by atoms with van der Waals surface area (Å²) in [7, 11) is 0. The summed E-state index contributed by atoms with van der Waals surface area (Å²) in [6.07, 6.45) is 3.66. The highest BCUT2D eigenvalue weighted by atomic mass is 15.0. The standard InChI is InChI=1S/C45H32N4/c1-45(2)38-16-8-15-37(40(38)41-36-14-7-6-10-30(36)25-26-39(41)45)31-19-23-34(24-20-31)44-48-42(32-11-4-3-5-12-32)47-43(49-44)33-21-17-29(18-22-33)35-13-9-27-46-28-35/h3-28H,1-2H3. The molecule has 2 heterocycles. The van der Waals surface area contributed by atoms with Crippen molar-refractivity contribution in [2.75, 3.05) is 0 Å². The summed E-state index contributed by atoms with van der Waals surface area (Å²) in [5.74, 6) is 1.92. The second-order valence-electron chi connectivity index (χ2n) is 13.1. The molecule has 4 heteroatoms. The van der Waals surface area contributed by atoms with Crippen molar-refractivity contribution in [1.29, 1.82) is 0 Å². The van der Waals surface area contributed by atoms with E-state index in [1.165, 1.54) is 44.2 Å². The summed E-state index contributed by atoms with van der Waals surface area (Å²) in [5, 5.41) is 2.57. The van der Waals surface area contributed by atoms with Gasteiger partial charge in [0.1, 0.15) is 0 Å². The SMILES string of the molecule is CC1(C)c2cccc(-c3ccc(-c4nc(-c5ccccc5)nc(-c5ccc(-c6cccnc6)cc5)n4)cc3)c2-c2c1ccc1ccccc21. The van der Waals surface area contributed by atoms with Crippen molar-refractivity contribution in [1.82, 2.24) is 19.9 Å². The molecule has 0 N–H and O–H groups in total. The Kier molecular flexibility index (Phi) is 6.77. The van der Waals surface area contributed by atoms with Gasteiger partial charge in [0.2, 0.25) is 0 Å². The molecule has 0 amide bonds. The number of hydrogen-bond donors (Lipinski definition) is 0. The van der Waals surface area contributed by atoms with Crippen molar-refractivity contribution < 1.29 is 0 Å². The Bertz CT molecular complexity index is 2490. The Labute approximate surface area is 285 Å². The van der Waals surface area contributed by atoms with Crippen LogP contribution in [-0.4, -0.2) is 19.9 Å². The quantitative estimate of drug-likeness (QED) is 0.190. The van der Waals surface area contributed by atoms with Gasteiger partial charge in [0, 0.05) is 34.5 Å². The Balaban J connectivity index is 1.14. The Morgan fingerprint density at radius 3 is 1.65 bits per heavy atom. The first-order valence-corrected chi connectivity index (χ1v) is 16.6. The summed E-state index contributed by atoms with van der Waals surface area (Å²) in [6, 6.07) is 51.2. The van der Waals surface area contributed by atoms with Crippen molar-refractivity contribution in [3.05, 3.63) is 169 Å². The smallest absolute Gasteiger partial charge is 0.164 e. The molecule has 0 fully saturated rings. The fourth-order valence-corrected chi connectivity index (χ4v) is 7.28. The molecule has 49 heavy (non-hydrogen) atoms. The van der Waals surface area contributed by atoms with Gasteiger partial charge in [0.05, 0.1) is 0 Å². The van der Waals surface area contributed by atoms with E-state index in [9.17, 15) is 0 Å².